The van der Waals surface area contributed by atoms with Gasteiger partial charge < -0.3 is 15.4 Å². The Morgan fingerprint density at radius 3 is 2.21 bits per heavy atom. The predicted octanol–water partition coefficient (Wildman–Crippen LogP) is 4.07. The quantitative estimate of drug-likeness (QED) is 0.566. The van der Waals surface area contributed by atoms with E-state index in [0.29, 0.717) is 6.42 Å². The van der Waals surface area contributed by atoms with Gasteiger partial charge in [0.15, 0.2) is 0 Å². The summed E-state index contributed by atoms with van der Waals surface area (Å²) < 4.78 is 5.35. The topological polar surface area (TPSA) is 70.7 Å². The predicted molar refractivity (Wildman–Crippen MR) is 131 cm³/mol. The van der Waals surface area contributed by atoms with Crippen LogP contribution < -0.4 is 10.6 Å². The van der Waals surface area contributed by atoms with Gasteiger partial charge in [-0.1, -0.05) is 72.3 Å². The van der Waals surface area contributed by atoms with Crippen LogP contribution in [0.25, 0.3) is 0 Å². The fourth-order valence-corrected chi connectivity index (χ4v) is 3.84. The van der Waals surface area contributed by atoms with E-state index >= 15 is 0 Å². The Kier molecular flexibility index (Phi) is 9.51. The Bertz CT molecular complexity index is 903. The van der Waals surface area contributed by atoms with Gasteiger partial charge in [-0.25, -0.2) is 4.79 Å². The Labute approximate surface area is 197 Å². The molecule has 0 radical (unpaired) electrons. The van der Waals surface area contributed by atoms with Gasteiger partial charge in [0, 0.05) is 32.1 Å². The minimum atomic E-state index is -0.695. The van der Waals surface area contributed by atoms with Crippen LogP contribution in [-0.4, -0.2) is 48.6 Å². The van der Waals surface area contributed by atoms with E-state index in [0.717, 1.165) is 43.6 Å². The number of amides is 2. The molecular weight excluding hydrogens is 414 g/mol. The Morgan fingerprint density at radius 2 is 1.61 bits per heavy atom. The number of nitrogens with one attached hydrogen (secondary N) is 2. The largest absolute Gasteiger partial charge is 0.445 e. The second-order valence-corrected chi connectivity index (χ2v) is 8.81. The Hall–Kier alpha value is -3.12. The lowest BCUT2D eigenvalue weighted by atomic mass is 10.0. The lowest BCUT2D eigenvalue weighted by molar-refractivity contribution is -0.124. The van der Waals surface area contributed by atoms with Crippen LogP contribution in [0.2, 0.25) is 0 Å². The molecule has 1 atom stereocenters. The summed E-state index contributed by atoms with van der Waals surface area (Å²) in [7, 11) is 0. The van der Waals surface area contributed by atoms with Crippen LogP contribution >= 0.6 is 0 Å². The summed E-state index contributed by atoms with van der Waals surface area (Å²) in [6, 6.07) is 18.6. The van der Waals surface area contributed by atoms with Crippen molar-refractivity contribution >= 4 is 12.0 Å². The third-order valence-corrected chi connectivity index (χ3v) is 5.80. The molecule has 0 saturated carbocycles. The second kappa shape index (κ2) is 12.8. The zero-order valence-corrected chi connectivity index (χ0v) is 19.6. The highest BCUT2D eigenvalue weighted by atomic mass is 16.5. The average molecular weight is 450 g/mol. The van der Waals surface area contributed by atoms with Crippen LogP contribution in [0.1, 0.15) is 37.8 Å². The highest BCUT2D eigenvalue weighted by Crippen LogP contribution is 2.12. The van der Waals surface area contributed by atoms with Gasteiger partial charge in [0.25, 0.3) is 0 Å². The van der Waals surface area contributed by atoms with Crippen molar-refractivity contribution in [3.63, 3.8) is 0 Å². The van der Waals surface area contributed by atoms with Crippen molar-refractivity contribution in [3.8, 4) is 0 Å². The molecule has 1 heterocycles. The number of carbonyl (C=O) groups excluding carboxylic acids is 2. The van der Waals surface area contributed by atoms with Crippen molar-refractivity contribution in [3.05, 3.63) is 83.4 Å². The Morgan fingerprint density at radius 1 is 1.00 bits per heavy atom. The molecule has 2 aromatic rings. The van der Waals surface area contributed by atoms with Gasteiger partial charge in [-0.05, 0) is 37.8 Å². The molecule has 176 valence electrons. The molecule has 6 heteroatoms. The van der Waals surface area contributed by atoms with Gasteiger partial charge in [0.2, 0.25) is 5.91 Å². The van der Waals surface area contributed by atoms with Crippen molar-refractivity contribution in [2.24, 2.45) is 0 Å². The summed E-state index contributed by atoms with van der Waals surface area (Å²) in [5.41, 5.74) is 3.20. The van der Waals surface area contributed by atoms with Gasteiger partial charge in [-0.15, -0.1) is 0 Å². The smallest absolute Gasteiger partial charge is 0.408 e. The first-order valence-electron chi connectivity index (χ1n) is 11.7. The maximum absolute atomic E-state index is 13.1. The summed E-state index contributed by atoms with van der Waals surface area (Å²) in [5, 5.41) is 5.93. The van der Waals surface area contributed by atoms with E-state index in [1.807, 2.05) is 60.7 Å². The summed E-state index contributed by atoms with van der Waals surface area (Å²) in [6.45, 7) is 7.23. The average Bonchev–Trinajstić information content (AvgIpc) is 2.83. The number of likely N-dealkylation sites (tertiary alicyclic amines) is 1. The normalized spacial score (nSPS) is 15.3. The van der Waals surface area contributed by atoms with Crippen molar-refractivity contribution in [1.82, 2.24) is 15.5 Å². The molecule has 33 heavy (non-hydrogen) atoms. The van der Waals surface area contributed by atoms with E-state index in [1.54, 1.807) is 0 Å². The molecule has 1 aliphatic rings. The van der Waals surface area contributed by atoms with E-state index in [9.17, 15) is 9.59 Å². The number of alkyl carbamates (subject to hydrolysis) is 1. The first-order valence-corrected chi connectivity index (χ1v) is 11.7. The fraction of sp³-hybridized carbons (Fsp3) is 0.407. The molecule has 2 N–H and O–H groups in total. The van der Waals surface area contributed by atoms with E-state index in [2.05, 4.69) is 35.5 Å². The maximum atomic E-state index is 13.1. The summed E-state index contributed by atoms with van der Waals surface area (Å²) >= 11 is 0. The minimum Gasteiger partial charge on any atom is -0.445 e. The first-order chi connectivity index (χ1) is 16.0. The molecule has 1 aliphatic heterocycles. The third kappa shape index (κ3) is 8.73. The number of ether oxygens (including phenoxy) is 1. The zero-order valence-electron chi connectivity index (χ0n) is 19.6. The fourth-order valence-electron chi connectivity index (χ4n) is 3.84. The van der Waals surface area contributed by atoms with Crippen LogP contribution in [-0.2, 0) is 22.6 Å². The molecule has 6 nitrogen and oxygen atoms in total. The molecular formula is C27H35N3O3. The number of piperidine rings is 1. The monoisotopic (exact) mass is 449 g/mol. The van der Waals surface area contributed by atoms with E-state index < -0.39 is 12.1 Å². The van der Waals surface area contributed by atoms with Gasteiger partial charge in [0.1, 0.15) is 12.6 Å². The molecule has 0 aromatic heterocycles. The van der Waals surface area contributed by atoms with Crippen molar-refractivity contribution < 1.29 is 14.3 Å². The molecule has 2 amide bonds. The highest BCUT2D eigenvalue weighted by Gasteiger charge is 2.26. The van der Waals surface area contributed by atoms with Crippen LogP contribution in [0.4, 0.5) is 4.79 Å². The number of rotatable bonds is 9. The summed E-state index contributed by atoms with van der Waals surface area (Å²) in [6.07, 6.45) is 3.86. The molecule has 1 saturated heterocycles. The molecule has 1 fully saturated rings. The molecule has 2 aromatic carbocycles. The van der Waals surface area contributed by atoms with Gasteiger partial charge >= 0.3 is 6.09 Å². The molecule has 0 unspecified atom stereocenters. The van der Waals surface area contributed by atoms with Crippen molar-refractivity contribution in [1.29, 1.82) is 0 Å². The van der Waals surface area contributed by atoms with Gasteiger partial charge in [0.05, 0.1) is 0 Å². The number of carbonyl (C=O) groups is 2. The standard InChI is InChI=1S/C27H35N3O3/c1-21(2)13-16-30-17-14-24(15-18-30)28-26(31)25(19-22-9-5-3-6-10-22)29-27(32)33-20-23-11-7-4-8-12-23/h3-13,24-25H,14-20H2,1-2H3,(H,28,31)(H,29,32)/t25-/m0/s1. The molecule has 3 rings (SSSR count). The van der Waals surface area contributed by atoms with Crippen LogP contribution in [0.5, 0.6) is 0 Å². The zero-order chi connectivity index (χ0) is 23.5. The lowest BCUT2D eigenvalue weighted by Crippen LogP contribution is -2.53. The van der Waals surface area contributed by atoms with Crippen LogP contribution in [0, 0.1) is 0 Å². The second-order valence-electron chi connectivity index (χ2n) is 8.81. The number of nitrogens with zero attached hydrogens (tertiary/aromatic N) is 1. The summed E-state index contributed by atoms with van der Waals surface area (Å²) in [4.78, 5) is 28.0. The van der Waals surface area contributed by atoms with E-state index in [-0.39, 0.29) is 18.6 Å². The Balaban J connectivity index is 1.55. The number of hydrogen-bond donors (Lipinski definition) is 2. The number of allylic oxidation sites excluding steroid dienone is 1. The van der Waals surface area contributed by atoms with Crippen LogP contribution in [0.3, 0.4) is 0 Å². The minimum absolute atomic E-state index is 0.112. The van der Waals surface area contributed by atoms with Crippen molar-refractivity contribution in [2.45, 2.75) is 51.8 Å². The molecule has 0 aliphatic carbocycles. The van der Waals surface area contributed by atoms with Crippen molar-refractivity contribution in [2.75, 3.05) is 19.6 Å². The summed E-state index contributed by atoms with van der Waals surface area (Å²) in [5.74, 6) is -0.168. The molecule has 0 bridgehead atoms. The lowest BCUT2D eigenvalue weighted by Gasteiger charge is -2.32. The van der Waals surface area contributed by atoms with E-state index in [4.69, 9.17) is 4.74 Å². The first kappa shape index (κ1) is 24.5. The molecule has 0 spiro atoms. The van der Waals surface area contributed by atoms with Crippen LogP contribution in [0.15, 0.2) is 72.3 Å². The highest BCUT2D eigenvalue weighted by molar-refractivity contribution is 5.86. The maximum Gasteiger partial charge on any atom is 0.408 e. The third-order valence-electron chi connectivity index (χ3n) is 5.80. The number of benzene rings is 2. The van der Waals surface area contributed by atoms with E-state index in [1.165, 1.54) is 5.57 Å². The van der Waals surface area contributed by atoms with Gasteiger partial charge in [-0.3, -0.25) is 9.69 Å². The van der Waals surface area contributed by atoms with Gasteiger partial charge in [-0.2, -0.15) is 0 Å². The number of hydrogen-bond acceptors (Lipinski definition) is 4. The SMILES string of the molecule is CC(C)=CCN1CCC(NC(=O)[C@H](Cc2ccccc2)NC(=O)OCc2ccccc2)CC1.